The molecule has 19 heavy (non-hydrogen) atoms. The first kappa shape index (κ1) is 16.1. The summed E-state index contributed by atoms with van der Waals surface area (Å²) < 4.78 is 7.79. The lowest BCUT2D eigenvalue weighted by molar-refractivity contribution is 0.289. The summed E-state index contributed by atoms with van der Waals surface area (Å²) in [4.78, 5) is 0. The molecule has 1 aliphatic rings. The number of nitrogens with one attached hydrogen (secondary N) is 1. The topological polar surface area (TPSA) is 39.1 Å². The summed E-state index contributed by atoms with van der Waals surface area (Å²) in [5.41, 5.74) is 2.57. The van der Waals surface area contributed by atoms with Gasteiger partial charge >= 0.3 is 0 Å². The third-order valence-corrected chi connectivity index (χ3v) is 3.27. The van der Waals surface area contributed by atoms with E-state index >= 15 is 0 Å². The van der Waals surface area contributed by atoms with Gasteiger partial charge in [0.2, 0.25) is 0 Å². The van der Waals surface area contributed by atoms with E-state index in [1.54, 1.807) is 0 Å². The molecule has 0 saturated heterocycles. The zero-order valence-corrected chi connectivity index (χ0v) is 12.5. The Morgan fingerprint density at radius 2 is 2.21 bits per heavy atom. The largest absolute Gasteiger partial charge is 0.493 e. The van der Waals surface area contributed by atoms with Crippen molar-refractivity contribution in [3.05, 3.63) is 23.9 Å². The molecule has 1 N–H and O–H groups in total. The van der Waals surface area contributed by atoms with Gasteiger partial charge in [-0.25, -0.2) is 0 Å². The zero-order chi connectivity index (χ0) is 11.7. The molecule has 1 aromatic heterocycles. The average Bonchev–Trinajstić information content (AvgIpc) is 2.80. The Kier molecular flexibility index (Phi) is 5.91. The van der Waals surface area contributed by atoms with Crippen molar-refractivity contribution in [1.82, 2.24) is 15.1 Å². The average molecular weight is 304 g/mol. The van der Waals surface area contributed by atoms with Crippen LogP contribution in [0.2, 0.25) is 0 Å². The number of halogens is 2. The van der Waals surface area contributed by atoms with Gasteiger partial charge in [-0.3, -0.25) is 4.68 Å². The summed E-state index contributed by atoms with van der Waals surface area (Å²) in [6.07, 6.45) is 4.14. The molecule has 0 fully saturated rings. The molecule has 0 saturated carbocycles. The van der Waals surface area contributed by atoms with Crippen LogP contribution in [0.15, 0.2) is 18.3 Å². The van der Waals surface area contributed by atoms with Gasteiger partial charge in [-0.2, -0.15) is 5.10 Å². The van der Waals surface area contributed by atoms with Crippen molar-refractivity contribution in [2.24, 2.45) is 0 Å². The highest BCUT2D eigenvalue weighted by Crippen LogP contribution is 2.31. The van der Waals surface area contributed by atoms with Gasteiger partial charge in [-0.15, -0.1) is 24.8 Å². The monoisotopic (exact) mass is 303 g/mol. The van der Waals surface area contributed by atoms with Crippen LogP contribution in [0.5, 0.6) is 5.75 Å². The molecule has 6 heteroatoms. The van der Waals surface area contributed by atoms with E-state index in [4.69, 9.17) is 4.74 Å². The Bertz CT molecular complexity index is 542. The first-order valence-corrected chi connectivity index (χ1v) is 6.15. The van der Waals surface area contributed by atoms with E-state index in [9.17, 15) is 0 Å². The van der Waals surface area contributed by atoms with Crippen molar-refractivity contribution in [2.45, 2.75) is 19.4 Å². The standard InChI is InChI=1S/C13H17N3O.2ClH/c1-14-6-7-16-13-10(9-15-16)4-5-12-11(13)3-2-8-17-12;;/h4-5,9,14H,2-3,6-8H2,1H3;2*1H. The molecule has 0 aliphatic carbocycles. The summed E-state index contributed by atoms with van der Waals surface area (Å²) in [6, 6.07) is 4.17. The van der Waals surface area contributed by atoms with Crippen LogP contribution in [0.4, 0.5) is 0 Å². The molecule has 0 amide bonds. The van der Waals surface area contributed by atoms with Crippen LogP contribution in [-0.2, 0) is 13.0 Å². The fraction of sp³-hybridized carbons (Fsp3) is 0.462. The van der Waals surface area contributed by atoms with Gasteiger partial charge in [0.15, 0.2) is 0 Å². The molecule has 1 aliphatic heterocycles. The van der Waals surface area contributed by atoms with Gasteiger partial charge in [0, 0.05) is 17.5 Å². The summed E-state index contributed by atoms with van der Waals surface area (Å²) in [7, 11) is 1.96. The molecule has 0 unspecified atom stereocenters. The number of ether oxygens (including phenoxy) is 1. The van der Waals surface area contributed by atoms with Gasteiger partial charge in [0.05, 0.1) is 24.9 Å². The van der Waals surface area contributed by atoms with Crippen molar-refractivity contribution >= 4 is 35.7 Å². The number of fused-ring (bicyclic) bond motifs is 3. The van der Waals surface area contributed by atoms with Crippen molar-refractivity contribution in [3.8, 4) is 5.75 Å². The van der Waals surface area contributed by atoms with E-state index in [-0.39, 0.29) is 24.8 Å². The van der Waals surface area contributed by atoms with Crippen LogP contribution in [-0.4, -0.2) is 30.0 Å². The normalized spacial score (nSPS) is 13.1. The fourth-order valence-corrected chi connectivity index (χ4v) is 2.43. The van der Waals surface area contributed by atoms with Gasteiger partial charge in [0.1, 0.15) is 5.75 Å². The molecule has 4 nitrogen and oxygen atoms in total. The molecule has 2 aromatic rings. The first-order valence-electron chi connectivity index (χ1n) is 6.15. The number of aromatic nitrogens is 2. The number of nitrogens with zero attached hydrogens (tertiary/aromatic N) is 2. The minimum absolute atomic E-state index is 0. The van der Waals surface area contributed by atoms with Crippen molar-refractivity contribution < 1.29 is 4.74 Å². The van der Waals surface area contributed by atoms with Gasteiger partial charge in [-0.05, 0) is 32.0 Å². The van der Waals surface area contributed by atoms with Gasteiger partial charge in [0.25, 0.3) is 0 Å². The lowest BCUT2D eigenvalue weighted by Crippen LogP contribution is -2.17. The van der Waals surface area contributed by atoms with E-state index in [1.807, 2.05) is 13.2 Å². The van der Waals surface area contributed by atoms with E-state index in [2.05, 4.69) is 27.2 Å². The van der Waals surface area contributed by atoms with Crippen molar-refractivity contribution in [3.63, 3.8) is 0 Å². The molecule has 0 spiro atoms. The quantitative estimate of drug-likeness (QED) is 0.946. The molecule has 2 heterocycles. The lowest BCUT2D eigenvalue weighted by atomic mass is 10.0. The third-order valence-electron chi connectivity index (χ3n) is 3.27. The minimum atomic E-state index is 0. The Hall–Kier alpha value is -0.970. The summed E-state index contributed by atoms with van der Waals surface area (Å²) in [5, 5.41) is 8.83. The second kappa shape index (κ2) is 6.98. The van der Waals surface area contributed by atoms with Crippen LogP contribution in [0.25, 0.3) is 10.9 Å². The van der Waals surface area contributed by atoms with Crippen LogP contribution in [0, 0.1) is 0 Å². The van der Waals surface area contributed by atoms with Crippen molar-refractivity contribution in [1.29, 1.82) is 0 Å². The molecule has 1 aromatic carbocycles. The molecule has 0 atom stereocenters. The van der Waals surface area contributed by atoms with E-state index in [1.165, 1.54) is 16.5 Å². The number of rotatable bonds is 3. The predicted octanol–water partition coefficient (Wildman–Crippen LogP) is 2.42. The maximum absolute atomic E-state index is 5.70. The molecular weight excluding hydrogens is 285 g/mol. The van der Waals surface area contributed by atoms with E-state index in [0.29, 0.717) is 0 Å². The predicted molar refractivity (Wildman–Crippen MR) is 82.0 cm³/mol. The first-order chi connectivity index (χ1) is 8.40. The highest BCUT2D eigenvalue weighted by molar-refractivity contribution is 5.86. The molecule has 0 bridgehead atoms. The maximum Gasteiger partial charge on any atom is 0.124 e. The minimum Gasteiger partial charge on any atom is -0.493 e. The second-order valence-electron chi connectivity index (χ2n) is 4.40. The number of benzene rings is 1. The number of aryl methyl sites for hydroxylation is 1. The summed E-state index contributed by atoms with van der Waals surface area (Å²) >= 11 is 0. The van der Waals surface area contributed by atoms with Gasteiger partial charge in [-0.1, -0.05) is 0 Å². The Morgan fingerprint density at radius 1 is 1.37 bits per heavy atom. The van der Waals surface area contributed by atoms with E-state index in [0.717, 1.165) is 38.3 Å². The SMILES string of the molecule is CNCCn1ncc2ccc3c(c21)CCCO3.Cl.Cl. The van der Waals surface area contributed by atoms with Gasteiger partial charge < -0.3 is 10.1 Å². The van der Waals surface area contributed by atoms with Crippen LogP contribution in [0.3, 0.4) is 0 Å². The highest BCUT2D eigenvalue weighted by Gasteiger charge is 2.16. The Morgan fingerprint density at radius 3 is 3.00 bits per heavy atom. The van der Waals surface area contributed by atoms with Crippen LogP contribution < -0.4 is 10.1 Å². The Balaban J connectivity index is 0.000000902. The smallest absolute Gasteiger partial charge is 0.124 e. The maximum atomic E-state index is 5.70. The number of hydrogen-bond donors (Lipinski definition) is 1. The second-order valence-corrected chi connectivity index (χ2v) is 4.40. The molecular formula is C13H19Cl2N3O. The number of likely N-dealkylation sites (N-methyl/N-ethyl adjacent to an activating group) is 1. The fourth-order valence-electron chi connectivity index (χ4n) is 2.43. The molecule has 3 rings (SSSR count). The van der Waals surface area contributed by atoms with Crippen molar-refractivity contribution in [2.75, 3.05) is 20.2 Å². The third kappa shape index (κ3) is 2.96. The molecule has 0 radical (unpaired) electrons. The highest BCUT2D eigenvalue weighted by atomic mass is 35.5. The van der Waals surface area contributed by atoms with Crippen LogP contribution in [0.1, 0.15) is 12.0 Å². The lowest BCUT2D eigenvalue weighted by Gasteiger charge is -2.18. The number of hydrogen-bond acceptors (Lipinski definition) is 3. The summed E-state index contributed by atoms with van der Waals surface area (Å²) in [6.45, 7) is 2.67. The van der Waals surface area contributed by atoms with E-state index < -0.39 is 0 Å². The summed E-state index contributed by atoms with van der Waals surface area (Å²) in [5.74, 6) is 1.04. The zero-order valence-electron chi connectivity index (χ0n) is 10.9. The molecule has 106 valence electrons. The Labute approximate surface area is 125 Å². The van der Waals surface area contributed by atoms with Crippen LogP contribution >= 0.6 is 24.8 Å².